The van der Waals surface area contributed by atoms with Crippen LogP contribution in [0.25, 0.3) is 0 Å². The Morgan fingerprint density at radius 3 is 1.95 bits per heavy atom. The zero-order chi connectivity index (χ0) is 15.0. The fourth-order valence-electron chi connectivity index (χ4n) is 3.00. The van der Waals surface area contributed by atoms with Gasteiger partial charge in [0, 0.05) is 0 Å². The number of aryl methyl sites for hydroxylation is 2. The van der Waals surface area contributed by atoms with Crippen LogP contribution in [-0.2, 0) is 17.8 Å². The third-order valence-corrected chi connectivity index (χ3v) is 9.40. The van der Waals surface area contributed by atoms with E-state index >= 15 is 0 Å². The third-order valence-electron chi connectivity index (χ3n) is 4.38. The van der Waals surface area contributed by atoms with Crippen LogP contribution in [0.2, 0.25) is 0 Å². The second kappa shape index (κ2) is 8.65. The molecule has 0 amide bonds. The summed E-state index contributed by atoms with van der Waals surface area (Å²) in [6.07, 6.45) is 0. The van der Waals surface area contributed by atoms with Gasteiger partial charge in [-0.15, -0.1) is 24.8 Å². The predicted octanol–water partition coefficient (Wildman–Crippen LogP) is 4.05. The molecule has 1 aromatic carbocycles. The number of halogens is 2. The average molecular weight is 393 g/mol. The Hall–Kier alpha value is -0.119. The monoisotopic (exact) mass is 392 g/mol. The predicted molar refractivity (Wildman–Crippen MR) is 103 cm³/mol. The van der Waals surface area contributed by atoms with Gasteiger partial charge in [-0.2, -0.15) is 0 Å². The van der Waals surface area contributed by atoms with E-state index in [0.717, 1.165) is 16.0 Å². The molecule has 1 nitrogen and oxygen atoms in total. The molecule has 0 fully saturated rings. The Kier molecular flexibility index (Phi) is 8.61. The molecule has 1 unspecified atom stereocenters. The summed E-state index contributed by atoms with van der Waals surface area (Å²) in [6, 6.07) is 6.44. The van der Waals surface area contributed by atoms with Gasteiger partial charge in [0.05, 0.1) is 0 Å². The molecule has 5 heteroatoms. The molecular formula is C17H26Cl2OSiTi. The Morgan fingerprint density at radius 2 is 1.55 bits per heavy atom. The summed E-state index contributed by atoms with van der Waals surface area (Å²) in [4.78, 5) is 4.43. The van der Waals surface area contributed by atoms with E-state index in [0.29, 0.717) is 5.92 Å². The van der Waals surface area contributed by atoms with Gasteiger partial charge in [0.25, 0.3) is 0 Å². The van der Waals surface area contributed by atoms with Crippen molar-refractivity contribution in [3.63, 3.8) is 0 Å². The van der Waals surface area contributed by atoms with Crippen LogP contribution in [0, 0.1) is 19.8 Å². The van der Waals surface area contributed by atoms with Gasteiger partial charge < -0.3 is 0 Å². The second-order valence-electron chi connectivity index (χ2n) is 5.92. The van der Waals surface area contributed by atoms with Gasteiger partial charge in [-0.05, 0) is 0 Å². The molecule has 0 bridgehead atoms. The summed E-state index contributed by atoms with van der Waals surface area (Å²) >= 11 is -1.89. The van der Waals surface area contributed by atoms with E-state index < -0.39 is 17.8 Å². The van der Waals surface area contributed by atoms with Crippen LogP contribution in [0.4, 0.5) is 0 Å². The average Bonchev–Trinajstić information content (AvgIpc) is 2.52. The molecule has 2 rings (SSSR count). The SMILES string of the molecule is Cl.Cl.[CH2]=[Ti]([O]c1cc(C)cc(C)c1)[C]1=C([SiH3])C(C)=C(C)C1C. The molecule has 1 aliphatic carbocycles. The van der Waals surface area contributed by atoms with Crippen LogP contribution < -0.4 is 3.32 Å². The quantitative estimate of drug-likeness (QED) is 0.704. The van der Waals surface area contributed by atoms with Crippen molar-refractivity contribution in [3.8, 4) is 5.75 Å². The first-order valence-electron chi connectivity index (χ1n) is 7.15. The summed E-state index contributed by atoms with van der Waals surface area (Å²) in [5.41, 5.74) is 5.53. The van der Waals surface area contributed by atoms with Gasteiger partial charge in [-0.3, -0.25) is 0 Å². The van der Waals surface area contributed by atoms with Gasteiger partial charge in [0.2, 0.25) is 0 Å². The van der Waals surface area contributed by atoms with Gasteiger partial charge in [-0.1, -0.05) is 0 Å². The van der Waals surface area contributed by atoms with Gasteiger partial charge in [0.1, 0.15) is 0 Å². The molecule has 22 heavy (non-hydrogen) atoms. The van der Waals surface area contributed by atoms with Gasteiger partial charge in [0.15, 0.2) is 0 Å². The van der Waals surface area contributed by atoms with E-state index in [1.807, 2.05) is 0 Å². The first-order valence-corrected chi connectivity index (χ1v) is 10.7. The van der Waals surface area contributed by atoms with Crippen molar-refractivity contribution in [2.24, 2.45) is 5.92 Å². The number of hydrogen-bond acceptors (Lipinski definition) is 1. The zero-order valence-electron chi connectivity index (χ0n) is 14.2. The van der Waals surface area contributed by atoms with E-state index in [2.05, 4.69) is 57.6 Å². The van der Waals surface area contributed by atoms with Crippen molar-refractivity contribution in [1.82, 2.24) is 0 Å². The Bertz CT molecular complexity index is 630. The molecule has 0 radical (unpaired) electrons. The van der Waals surface area contributed by atoms with Crippen molar-refractivity contribution in [2.75, 3.05) is 0 Å². The molecule has 122 valence electrons. The first kappa shape index (κ1) is 21.9. The molecule has 0 spiro atoms. The standard InChI is InChI=1S/C8H10O.C8H13Si.CH2.2ClH.Ti/c1-6-3-7(2)5-8(9)4-6;1-5-4-8(9)7(3)6(5)2;;;;/h3-5,9H,1-2H3;5H,1-3,9H3;1H2;2*1H;/q;;;;;+1/p-1. The van der Waals surface area contributed by atoms with Crippen LogP contribution in [0.3, 0.4) is 0 Å². The normalized spacial score (nSPS) is 17.2. The molecule has 0 heterocycles. The fraction of sp³-hybridized carbons (Fsp3) is 0.353. The van der Waals surface area contributed by atoms with E-state index in [-0.39, 0.29) is 24.8 Å². The number of hydrogen-bond donors (Lipinski definition) is 0. The minimum atomic E-state index is -1.89. The minimum absolute atomic E-state index is 0. The maximum absolute atomic E-state index is 6.29. The van der Waals surface area contributed by atoms with E-state index in [1.54, 1.807) is 9.07 Å². The van der Waals surface area contributed by atoms with Crippen molar-refractivity contribution >= 4 is 39.9 Å². The number of allylic oxidation sites excluding steroid dienone is 4. The molecule has 1 aliphatic rings. The fourth-order valence-corrected chi connectivity index (χ4v) is 7.82. The molecular weight excluding hydrogens is 367 g/mol. The van der Waals surface area contributed by atoms with E-state index in [4.69, 9.17) is 3.32 Å². The van der Waals surface area contributed by atoms with Crippen LogP contribution in [0.1, 0.15) is 31.9 Å². The molecule has 0 saturated heterocycles. The van der Waals surface area contributed by atoms with Crippen LogP contribution in [0.15, 0.2) is 38.4 Å². The van der Waals surface area contributed by atoms with Crippen molar-refractivity contribution in [2.45, 2.75) is 34.6 Å². The third kappa shape index (κ3) is 4.46. The molecule has 0 saturated carbocycles. The number of rotatable bonds is 3. The van der Waals surface area contributed by atoms with E-state index in [9.17, 15) is 0 Å². The van der Waals surface area contributed by atoms with E-state index in [1.165, 1.54) is 22.3 Å². The molecule has 0 aromatic heterocycles. The Labute approximate surface area is 156 Å². The first-order chi connectivity index (χ1) is 9.31. The molecule has 0 aliphatic heterocycles. The van der Waals surface area contributed by atoms with Crippen molar-refractivity contribution in [1.29, 1.82) is 0 Å². The van der Waals surface area contributed by atoms with Gasteiger partial charge in [-0.25, -0.2) is 0 Å². The topological polar surface area (TPSA) is 9.23 Å². The zero-order valence-corrected chi connectivity index (χ0v) is 19.4. The Balaban J connectivity index is 0.00000220. The second-order valence-corrected chi connectivity index (χ2v) is 9.40. The molecule has 1 aromatic rings. The van der Waals surface area contributed by atoms with Crippen molar-refractivity contribution < 1.29 is 21.1 Å². The summed E-state index contributed by atoms with van der Waals surface area (Å²) < 4.78 is 7.84. The Morgan fingerprint density at radius 1 is 1.05 bits per heavy atom. The van der Waals surface area contributed by atoms with Crippen LogP contribution >= 0.6 is 24.8 Å². The summed E-state index contributed by atoms with van der Waals surface area (Å²) in [6.45, 7) is 11.1. The molecule has 0 N–H and O–H groups in total. The number of benzene rings is 1. The summed E-state index contributed by atoms with van der Waals surface area (Å²) in [5.74, 6) is 1.55. The maximum atomic E-state index is 6.29. The van der Waals surface area contributed by atoms with Gasteiger partial charge >= 0.3 is 132 Å². The summed E-state index contributed by atoms with van der Waals surface area (Å²) in [7, 11) is 1.10. The molecule has 1 atom stereocenters. The summed E-state index contributed by atoms with van der Waals surface area (Å²) in [5, 5.41) is 1.56. The van der Waals surface area contributed by atoms with Crippen LogP contribution in [-0.4, -0.2) is 15.1 Å². The van der Waals surface area contributed by atoms with Crippen molar-refractivity contribution in [3.05, 3.63) is 49.5 Å². The van der Waals surface area contributed by atoms with Crippen LogP contribution in [0.5, 0.6) is 5.75 Å².